The Labute approximate surface area is 162 Å². The maximum atomic E-state index is 11.9. The van der Waals surface area contributed by atoms with Crippen LogP contribution in [0.4, 0.5) is 10.7 Å². The molecule has 1 aromatic heterocycles. The number of piperidine rings is 1. The molecule has 0 N–H and O–H groups in total. The van der Waals surface area contributed by atoms with E-state index in [1.165, 1.54) is 42.6 Å². The molecule has 0 spiro atoms. The number of carbonyl (C=O) groups is 1. The molecule has 10 heteroatoms. The van der Waals surface area contributed by atoms with Crippen LogP contribution in [0.3, 0.4) is 0 Å². The number of likely N-dealkylation sites (tertiary alicyclic amines) is 1. The highest BCUT2D eigenvalue weighted by Gasteiger charge is 2.37. The molecular formula is C15H21IN4O5. The Morgan fingerprint density at radius 3 is 2.76 bits per heavy atom. The fourth-order valence-electron chi connectivity index (χ4n) is 3.28. The molecule has 1 amide bonds. The second-order valence-electron chi connectivity index (χ2n) is 6.58. The SMILES string of the molecule is C[N+]1(CC2CN(/N=C/c3ccc([N+](=O)[O-])o3)C(=O)O2)CCCCC1.[I-]. The van der Waals surface area contributed by atoms with Crippen molar-refractivity contribution in [1.82, 2.24) is 5.01 Å². The lowest BCUT2D eigenvalue weighted by molar-refractivity contribution is -0.916. The molecule has 9 nitrogen and oxygen atoms in total. The van der Waals surface area contributed by atoms with Crippen LogP contribution in [0.15, 0.2) is 21.7 Å². The van der Waals surface area contributed by atoms with Crippen LogP contribution in [0.25, 0.3) is 0 Å². The molecule has 1 aromatic rings. The first-order valence-electron chi connectivity index (χ1n) is 8.05. The summed E-state index contributed by atoms with van der Waals surface area (Å²) in [5, 5.41) is 15.8. The van der Waals surface area contributed by atoms with Crippen LogP contribution >= 0.6 is 0 Å². The molecule has 2 fully saturated rings. The molecule has 0 radical (unpaired) electrons. The summed E-state index contributed by atoms with van der Waals surface area (Å²) >= 11 is 0. The average molecular weight is 464 g/mol. The Morgan fingerprint density at radius 1 is 1.40 bits per heavy atom. The molecule has 2 aliphatic heterocycles. The lowest BCUT2D eigenvalue weighted by Gasteiger charge is -2.38. The topological polar surface area (TPSA) is 98.2 Å². The number of hydrazone groups is 1. The van der Waals surface area contributed by atoms with E-state index in [1.54, 1.807) is 0 Å². The number of cyclic esters (lactones) is 1. The summed E-state index contributed by atoms with van der Waals surface area (Å²) in [6, 6.07) is 2.67. The van der Waals surface area contributed by atoms with E-state index in [9.17, 15) is 14.9 Å². The minimum Gasteiger partial charge on any atom is -1.00 e. The molecule has 0 saturated carbocycles. The minimum absolute atomic E-state index is 0. The van der Waals surface area contributed by atoms with Crippen molar-refractivity contribution in [3.63, 3.8) is 0 Å². The van der Waals surface area contributed by atoms with Gasteiger partial charge in [0.25, 0.3) is 0 Å². The summed E-state index contributed by atoms with van der Waals surface area (Å²) in [7, 11) is 2.20. The van der Waals surface area contributed by atoms with E-state index in [2.05, 4.69) is 12.1 Å². The number of hydrogen-bond donors (Lipinski definition) is 0. The molecule has 2 saturated heterocycles. The van der Waals surface area contributed by atoms with Crippen LogP contribution in [0.2, 0.25) is 0 Å². The van der Waals surface area contributed by atoms with Crippen LogP contribution in [-0.2, 0) is 4.74 Å². The quantitative estimate of drug-likeness (QED) is 0.183. The van der Waals surface area contributed by atoms with Crippen LogP contribution < -0.4 is 24.0 Å². The van der Waals surface area contributed by atoms with Gasteiger partial charge in [-0.1, -0.05) is 0 Å². The van der Waals surface area contributed by atoms with Gasteiger partial charge >= 0.3 is 12.0 Å². The minimum atomic E-state index is -0.625. The molecule has 1 atom stereocenters. The zero-order valence-electron chi connectivity index (χ0n) is 14.0. The number of furan rings is 1. The molecule has 3 rings (SSSR count). The second kappa shape index (κ2) is 8.13. The smallest absolute Gasteiger partial charge is 0.433 e. The van der Waals surface area contributed by atoms with E-state index in [4.69, 9.17) is 9.15 Å². The third-order valence-corrected chi connectivity index (χ3v) is 4.51. The van der Waals surface area contributed by atoms with Crippen molar-refractivity contribution in [3.05, 3.63) is 28.0 Å². The number of nitro groups is 1. The molecule has 138 valence electrons. The Bertz CT molecular complexity index is 656. The molecule has 1 unspecified atom stereocenters. The van der Waals surface area contributed by atoms with Gasteiger partial charge in [0.1, 0.15) is 11.5 Å². The largest absolute Gasteiger partial charge is 1.00 e. The van der Waals surface area contributed by atoms with Crippen LogP contribution in [0.5, 0.6) is 0 Å². The summed E-state index contributed by atoms with van der Waals surface area (Å²) in [5.74, 6) is -0.145. The predicted octanol–water partition coefficient (Wildman–Crippen LogP) is -1.02. The van der Waals surface area contributed by atoms with Crippen molar-refractivity contribution in [3.8, 4) is 0 Å². The molecule has 0 aromatic carbocycles. The van der Waals surface area contributed by atoms with Crippen LogP contribution in [0, 0.1) is 10.1 Å². The number of nitrogens with zero attached hydrogens (tertiary/aromatic N) is 4. The summed E-state index contributed by atoms with van der Waals surface area (Å²) in [6.45, 7) is 3.37. The van der Waals surface area contributed by atoms with E-state index in [0.717, 1.165) is 24.1 Å². The van der Waals surface area contributed by atoms with Crippen molar-refractivity contribution in [2.45, 2.75) is 25.4 Å². The number of hydrogen-bond acceptors (Lipinski definition) is 6. The maximum Gasteiger partial charge on any atom is 0.433 e. The summed E-state index contributed by atoms with van der Waals surface area (Å²) < 4.78 is 11.3. The number of rotatable bonds is 5. The van der Waals surface area contributed by atoms with Crippen molar-refractivity contribution < 1.29 is 47.3 Å². The van der Waals surface area contributed by atoms with E-state index in [1.807, 2.05) is 0 Å². The van der Waals surface area contributed by atoms with Gasteiger partial charge < -0.3 is 37.6 Å². The van der Waals surface area contributed by atoms with E-state index >= 15 is 0 Å². The van der Waals surface area contributed by atoms with Crippen molar-refractivity contribution in [1.29, 1.82) is 0 Å². The summed E-state index contributed by atoms with van der Waals surface area (Å²) in [4.78, 5) is 21.9. The Hall–Kier alpha value is -1.69. The van der Waals surface area contributed by atoms with Gasteiger partial charge in [-0.05, 0) is 25.3 Å². The van der Waals surface area contributed by atoms with Gasteiger partial charge in [0.05, 0.1) is 39.0 Å². The van der Waals surface area contributed by atoms with Gasteiger partial charge in [-0.2, -0.15) is 10.1 Å². The van der Waals surface area contributed by atoms with Gasteiger partial charge in [-0.15, -0.1) is 0 Å². The highest BCUT2D eigenvalue weighted by atomic mass is 127. The second-order valence-corrected chi connectivity index (χ2v) is 6.58. The normalized spacial score (nSPS) is 22.7. The number of likely N-dealkylation sites (N-methyl/N-ethyl adjacent to an activating group) is 1. The van der Waals surface area contributed by atoms with E-state index in [-0.39, 0.29) is 41.7 Å². The number of carbonyl (C=O) groups excluding carboxylic acids is 1. The first kappa shape index (κ1) is 19.6. The van der Waals surface area contributed by atoms with Crippen molar-refractivity contribution in [2.75, 3.05) is 33.2 Å². The van der Waals surface area contributed by atoms with Crippen molar-refractivity contribution >= 4 is 18.2 Å². The Balaban J connectivity index is 0.00000225. The fraction of sp³-hybridized carbons (Fsp3) is 0.600. The van der Waals surface area contributed by atoms with E-state index < -0.39 is 11.0 Å². The van der Waals surface area contributed by atoms with Gasteiger partial charge in [0.15, 0.2) is 11.9 Å². The molecular weight excluding hydrogens is 443 g/mol. The van der Waals surface area contributed by atoms with Crippen molar-refractivity contribution in [2.24, 2.45) is 5.10 Å². The maximum absolute atomic E-state index is 11.9. The Morgan fingerprint density at radius 2 is 2.12 bits per heavy atom. The third kappa shape index (κ3) is 4.91. The number of ether oxygens (including phenoxy) is 1. The zero-order valence-corrected chi connectivity index (χ0v) is 16.1. The van der Waals surface area contributed by atoms with Gasteiger partial charge in [0, 0.05) is 0 Å². The molecule has 0 bridgehead atoms. The fourth-order valence-corrected chi connectivity index (χ4v) is 3.28. The Kier molecular flexibility index (Phi) is 6.38. The van der Waals surface area contributed by atoms with Crippen LogP contribution in [0.1, 0.15) is 25.0 Å². The lowest BCUT2D eigenvalue weighted by atomic mass is 10.1. The standard InChI is InChI=1S/C15H21N4O5.HI/c1-19(7-3-2-4-8-19)11-13-10-17(15(20)24-13)16-9-12-5-6-14(23-12)18(21)22;/h5-6,9,13H,2-4,7-8,10-11H2,1H3;1H/q+1;/p-1/b16-9+;. The van der Waals surface area contributed by atoms with E-state index in [0.29, 0.717) is 6.54 Å². The highest BCUT2D eigenvalue weighted by molar-refractivity contribution is 5.78. The van der Waals surface area contributed by atoms with Gasteiger partial charge in [-0.3, -0.25) is 10.1 Å². The first-order chi connectivity index (χ1) is 11.5. The number of amides is 1. The van der Waals surface area contributed by atoms with Crippen LogP contribution in [-0.4, -0.2) is 66.1 Å². The molecule has 3 heterocycles. The number of quaternary nitrogens is 1. The number of halogens is 1. The first-order valence-corrected chi connectivity index (χ1v) is 8.05. The molecule has 2 aliphatic rings. The average Bonchev–Trinajstić information content (AvgIpc) is 3.12. The predicted molar refractivity (Wildman–Crippen MR) is 84.6 cm³/mol. The lowest BCUT2D eigenvalue weighted by Crippen LogP contribution is -3.00. The third-order valence-electron chi connectivity index (χ3n) is 4.51. The summed E-state index contributed by atoms with van der Waals surface area (Å²) in [6.07, 6.45) is 4.27. The highest BCUT2D eigenvalue weighted by Crippen LogP contribution is 2.21. The summed E-state index contributed by atoms with van der Waals surface area (Å²) in [5.41, 5.74) is 0. The van der Waals surface area contributed by atoms with Gasteiger partial charge in [0.2, 0.25) is 0 Å². The monoisotopic (exact) mass is 464 g/mol. The zero-order chi connectivity index (χ0) is 17.2. The molecule has 0 aliphatic carbocycles. The van der Waals surface area contributed by atoms with Gasteiger partial charge in [-0.25, -0.2) is 4.79 Å². The molecule has 25 heavy (non-hydrogen) atoms.